The molecule has 2 unspecified atom stereocenters. The molecule has 0 saturated heterocycles. The predicted molar refractivity (Wildman–Crippen MR) is 67.4 cm³/mol. The highest BCUT2D eigenvalue weighted by Crippen LogP contribution is 2.25. The van der Waals surface area contributed by atoms with Crippen molar-refractivity contribution in [3.05, 3.63) is 34.3 Å². The second-order valence-electron chi connectivity index (χ2n) is 3.89. The van der Waals surface area contributed by atoms with Gasteiger partial charge in [-0.2, -0.15) is 0 Å². The third kappa shape index (κ3) is 3.61. The van der Waals surface area contributed by atoms with Gasteiger partial charge in [0.2, 0.25) is 0 Å². The summed E-state index contributed by atoms with van der Waals surface area (Å²) in [6.45, 7) is 1.94. The van der Waals surface area contributed by atoms with E-state index in [0.717, 1.165) is 10.0 Å². The van der Waals surface area contributed by atoms with E-state index in [0.29, 0.717) is 0 Å². The van der Waals surface area contributed by atoms with Gasteiger partial charge in [0.1, 0.15) is 0 Å². The van der Waals surface area contributed by atoms with Crippen molar-refractivity contribution in [3.8, 4) is 0 Å². The third-order valence-corrected chi connectivity index (χ3v) is 3.13. The number of hydrogen-bond donors (Lipinski definition) is 2. The summed E-state index contributed by atoms with van der Waals surface area (Å²) in [6, 6.07) is 8.01. The van der Waals surface area contributed by atoms with Crippen molar-refractivity contribution in [2.45, 2.75) is 19.4 Å². The highest BCUT2D eigenvalue weighted by molar-refractivity contribution is 9.10. The molecule has 2 N–H and O–H groups in total. The van der Waals surface area contributed by atoms with Gasteiger partial charge in [-0.3, -0.25) is 4.79 Å². The first-order chi connectivity index (χ1) is 7.54. The van der Waals surface area contributed by atoms with Crippen molar-refractivity contribution in [2.75, 3.05) is 7.05 Å². The van der Waals surface area contributed by atoms with Gasteiger partial charge < -0.3 is 10.4 Å². The minimum Gasteiger partial charge on any atom is -0.481 e. The van der Waals surface area contributed by atoms with Crippen molar-refractivity contribution >= 4 is 21.9 Å². The molecule has 88 valence electrons. The molecule has 0 aliphatic carbocycles. The lowest BCUT2D eigenvalue weighted by molar-refractivity contribution is -0.138. The summed E-state index contributed by atoms with van der Waals surface area (Å²) in [4.78, 5) is 10.7. The molecule has 1 rings (SSSR count). The molecule has 1 aromatic rings. The number of benzene rings is 1. The first kappa shape index (κ1) is 13.2. The van der Waals surface area contributed by atoms with E-state index in [4.69, 9.17) is 5.11 Å². The van der Waals surface area contributed by atoms with Crippen LogP contribution >= 0.6 is 15.9 Å². The maximum Gasteiger partial charge on any atom is 0.303 e. The van der Waals surface area contributed by atoms with Gasteiger partial charge in [-0.15, -0.1) is 0 Å². The molecule has 0 bridgehead atoms. The van der Waals surface area contributed by atoms with Crippen LogP contribution in [0.4, 0.5) is 0 Å². The summed E-state index contributed by atoms with van der Waals surface area (Å²) >= 11 is 3.38. The molecule has 0 fully saturated rings. The number of aliphatic carboxylic acids is 1. The third-order valence-electron chi connectivity index (χ3n) is 2.61. The Morgan fingerprint density at radius 1 is 1.44 bits per heavy atom. The van der Waals surface area contributed by atoms with Crippen LogP contribution in [0.3, 0.4) is 0 Å². The summed E-state index contributed by atoms with van der Waals surface area (Å²) in [6.07, 6.45) is 0.168. The van der Waals surface area contributed by atoms with Crippen LogP contribution in [0.2, 0.25) is 0 Å². The first-order valence-electron chi connectivity index (χ1n) is 5.19. The molecule has 3 nitrogen and oxygen atoms in total. The van der Waals surface area contributed by atoms with E-state index >= 15 is 0 Å². The maximum absolute atomic E-state index is 10.7. The predicted octanol–water partition coefficient (Wildman–Crippen LogP) is 2.82. The van der Waals surface area contributed by atoms with Crippen LogP contribution < -0.4 is 5.32 Å². The number of rotatable bonds is 5. The molecule has 0 aliphatic rings. The molecule has 0 saturated carbocycles. The zero-order valence-corrected chi connectivity index (χ0v) is 11.0. The molecule has 0 spiro atoms. The number of hydrogen-bond acceptors (Lipinski definition) is 2. The van der Waals surface area contributed by atoms with Gasteiger partial charge in [-0.05, 0) is 30.7 Å². The highest BCUT2D eigenvalue weighted by Gasteiger charge is 2.19. The summed E-state index contributed by atoms with van der Waals surface area (Å²) in [5, 5.41) is 11.9. The molecule has 0 aliphatic heterocycles. The zero-order chi connectivity index (χ0) is 12.1. The quantitative estimate of drug-likeness (QED) is 0.875. The van der Waals surface area contributed by atoms with Crippen LogP contribution in [-0.2, 0) is 4.79 Å². The van der Waals surface area contributed by atoms with E-state index in [2.05, 4.69) is 21.2 Å². The molecular formula is C12H16BrNO2. The Bertz CT molecular complexity index is 351. The number of nitrogens with one attached hydrogen (secondary N) is 1. The van der Waals surface area contributed by atoms with Gasteiger partial charge in [-0.25, -0.2) is 0 Å². The van der Waals surface area contributed by atoms with Crippen molar-refractivity contribution in [2.24, 2.45) is 5.92 Å². The molecular weight excluding hydrogens is 270 g/mol. The SMILES string of the molecule is CNC(c1ccc(Br)cc1)C(C)CC(=O)O. The van der Waals surface area contributed by atoms with E-state index in [1.54, 1.807) is 0 Å². The Hall–Kier alpha value is -0.870. The van der Waals surface area contributed by atoms with Crippen molar-refractivity contribution in [3.63, 3.8) is 0 Å². The summed E-state index contributed by atoms with van der Waals surface area (Å²) in [7, 11) is 1.85. The van der Waals surface area contributed by atoms with Gasteiger partial charge in [-0.1, -0.05) is 35.0 Å². The zero-order valence-electron chi connectivity index (χ0n) is 9.40. The molecule has 1 aromatic carbocycles. The summed E-state index contributed by atoms with van der Waals surface area (Å²) < 4.78 is 1.02. The molecule has 2 atom stereocenters. The minimum absolute atomic E-state index is 0.0590. The normalized spacial score (nSPS) is 14.4. The van der Waals surface area contributed by atoms with E-state index < -0.39 is 5.97 Å². The Labute approximate surface area is 104 Å². The van der Waals surface area contributed by atoms with Crippen LogP contribution in [0.5, 0.6) is 0 Å². The van der Waals surface area contributed by atoms with Crippen molar-refractivity contribution in [1.82, 2.24) is 5.32 Å². The van der Waals surface area contributed by atoms with E-state index in [1.807, 2.05) is 38.2 Å². The highest BCUT2D eigenvalue weighted by atomic mass is 79.9. The van der Waals surface area contributed by atoms with E-state index in [1.165, 1.54) is 0 Å². The monoisotopic (exact) mass is 285 g/mol. The number of carboxylic acids is 1. The van der Waals surface area contributed by atoms with Crippen LogP contribution in [0.15, 0.2) is 28.7 Å². The van der Waals surface area contributed by atoms with E-state index in [9.17, 15) is 4.79 Å². The van der Waals surface area contributed by atoms with Gasteiger partial charge in [0.25, 0.3) is 0 Å². The molecule has 16 heavy (non-hydrogen) atoms. The standard InChI is InChI=1S/C12H16BrNO2/c1-8(7-11(15)16)12(14-2)9-3-5-10(13)6-4-9/h3-6,8,12,14H,7H2,1-2H3,(H,15,16). The van der Waals surface area contributed by atoms with Gasteiger partial charge in [0, 0.05) is 16.9 Å². The average Bonchev–Trinajstić information content (AvgIpc) is 2.21. The molecule has 0 aromatic heterocycles. The number of carbonyl (C=O) groups is 1. The van der Waals surface area contributed by atoms with Crippen molar-refractivity contribution < 1.29 is 9.90 Å². The van der Waals surface area contributed by atoms with Crippen LogP contribution in [0.1, 0.15) is 24.9 Å². The lowest BCUT2D eigenvalue weighted by atomic mass is 9.92. The first-order valence-corrected chi connectivity index (χ1v) is 5.98. The lowest BCUT2D eigenvalue weighted by Gasteiger charge is -2.22. The van der Waals surface area contributed by atoms with Crippen LogP contribution in [-0.4, -0.2) is 18.1 Å². The van der Waals surface area contributed by atoms with Gasteiger partial charge >= 0.3 is 5.97 Å². The molecule has 0 amide bonds. The molecule has 0 radical (unpaired) electrons. The van der Waals surface area contributed by atoms with E-state index in [-0.39, 0.29) is 18.4 Å². The summed E-state index contributed by atoms with van der Waals surface area (Å²) in [5.74, 6) is -0.700. The minimum atomic E-state index is -0.759. The topological polar surface area (TPSA) is 49.3 Å². The second-order valence-corrected chi connectivity index (χ2v) is 4.81. The fourth-order valence-corrected chi connectivity index (χ4v) is 2.11. The average molecular weight is 286 g/mol. The fourth-order valence-electron chi connectivity index (χ4n) is 1.84. The Morgan fingerprint density at radius 2 is 2.00 bits per heavy atom. The maximum atomic E-state index is 10.7. The molecule has 4 heteroatoms. The summed E-state index contributed by atoms with van der Waals surface area (Å²) in [5.41, 5.74) is 1.11. The van der Waals surface area contributed by atoms with Gasteiger partial charge in [0.15, 0.2) is 0 Å². The lowest BCUT2D eigenvalue weighted by Crippen LogP contribution is -2.25. The van der Waals surface area contributed by atoms with Crippen LogP contribution in [0.25, 0.3) is 0 Å². The second kappa shape index (κ2) is 6.01. The Balaban J connectivity index is 2.81. The number of halogens is 1. The largest absolute Gasteiger partial charge is 0.481 e. The van der Waals surface area contributed by atoms with Crippen LogP contribution in [0, 0.1) is 5.92 Å². The van der Waals surface area contributed by atoms with Crippen molar-refractivity contribution in [1.29, 1.82) is 0 Å². The fraction of sp³-hybridized carbons (Fsp3) is 0.417. The molecule has 0 heterocycles. The van der Waals surface area contributed by atoms with Gasteiger partial charge in [0.05, 0.1) is 0 Å². The Morgan fingerprint density at radius 3 is 2.44 bits per heavy atom. The number of carboxylic acid groups (broad SMARTS) is 1. The smallest absolute Gasteiger partial charge is 0.303 e. The Kier molecular flexibility index (Phi) is 4.96.